The van der Waals surface area contributed by atoms with Crippen LogP contribution in [-0.2, 0) is 23.8 Å². The number of rotatable bonds is 9. The monoisotopic (exact) mass is 380 g/mol. The van der Waals surface area contributed by atoms with Crippen molar-refractivity contribution in [2.45, 2.75) is 79.4 Å². The van der Waals surface area contributed by atoms with Crippen LogP contribution in [0.25, 0.3) is 0 Å². The predicted molar refractivity (Wildman–Crippen MR) is 102 cm³/mol. The lowest BCUT2D eigenvalue weighted by molar-refractivity contribution is -0.163. The van der Waals surface area contributed by atoms with Gasteiger partial charge in [-0.1, -0.05) is 41.0 Å². The molecule has 5 heteroatoms. The Morgan fingerprint density at radius 3 is 2.56 bits per heavy atom. The molecule has 5 nitrogen and oxygen atoms in total. The molecule has 1 aliphatic heterocycles. The molecule has 6 unspecified atom stereocenters. The van der Waals surface area contributed by atoms with Gasteiger partial charge in [0.25, 0.3) is 0 Å². The van der Waals surface area contributed by atoms with Crippen LogP contribution in [-0.4, -0.2) is 37.4 Å². The average Bonchev–Trinajstić information content (AvgIpc) is 3.22. The highest BCUT2D eigenvalue weighted by Crippen LogP contribution is 2.55. The van der Waals surface area contributed by atoms with Gasteiger partial charge in [-0.3, -0.25) is 9.59 Å². The lowest BCUT2D eigenvalue weighted by Crippen LogP contribution is -2.40. The molecular weight excluding hydrogens is 344 g/mol. The number of hydrogen-bond acceptors (Lipinski definition) is 5. The van der Waals surface area contributed by atoms with E-state index < -0.39 is 5.41 Å². The van der Waals surface area contributed by atoms with Gasteiger partial charge >= 0.3 is 11.9 Å². The van der Waals surface area contributed by atoms with Gasteiger partial charge < -0.3 is 14.2 Å². The van der Waals surface area contributed by atoms with Crippen LogP contribution in [0.2, 0.25) is 0 Å². The van der Waals surface area contributed by atoms with Crippen molar-refractivity contribution in [1.82, 2.24) is 0 Å². The van der Waals surface area contributed by atoms with Crippen LogP contribution in [0, 0.1) is 34.5 Å². The maximum Gasteiger partial charge on any atom is 0.312 e. The molecule has 0 amide bonds. The van der Waals surface area contributed by atoms with E-state index in [9.17, 15) is 9.59 Å². The molecule has 0 aromatic rings. The van der Waals surface area contributed by atoms with Crippen LogP contribution in [0.5, 0.6) is 0 Å². The lowest BCUT2D eigenvalue weighted by Gasteiger charge is -2.38. The van der Waals surface area contributed by atoms with Crippen LogP contribution in [0.1, 0.15) is 67.2 Å². The summed E-state index contributed by atoms with van der Waals surface area (Å²) in [5, 5.41) is 0. The van der Waals surface area contributed by atoms with E-state index in [1.165, 1.54) is 0 Å². The maximum absolute atomic E-state index is 12.8. The molecule has 2 bridgehead atoms. The van der Waals surface area contributed by atoms with Gasteiger partial charge in [0.2, 0.25) is 0 Å². The summed E-state index contributed by atoms with van der Waals surface area (Å²) in [4.78, 5) is 24.7. The first-order valence-corrected chi connectivity index (χ1v) is 10.6. The Hall–Kier alpha value is -1.10. The van der Waals surface area contributed by atoms with Gasteiger partial charge in [0.05, 0.1) is 24.0 Å². The van der Waals surface area contributed by atoms with E-state index in [1.807, 2.05) is 6.92 Å². The van der Waals surface area contributed by atoms with Crippen molar-refractivity contribution in [3.63, 3.8) is 0 Å². The van der Waals surface area contributed by atoms with Crippen molar-refractivity contribution in [2.24, 2.45) is 34.5 Å². The molecular formula is C22H36O5. The molecule has 1 heterocycles. The molecule has 0 radical (unpaired) electrons. The summed E-state index contributed by atoms with van der Waals surface area (Å²) >= 11 is 0. The number of carbonyl (C=O) groups excluding carboxylic acids is 2. The zero-order chi connectivity index (χ0) is 20.0. The molecule has 154 valence electrons. The largest absolute Gasteiger partial charge is 0.463 e. The van der Waals surface area contributed by atoms with Gasteiger partial charge in [0.15, 0.2) is 0 Å². The van der Waals surface area contributed by atoms with Gasteiger partial charge in [-0.2, -0.15) is 0 Å². The van der Waals surface area contributed by atoms with Gasteiger partial charge in [0, 0.05) is 5.92 Å². The van der Waals surface area contributed by atoms with Gasteiger partial charge in [0.1, 0.15) is 12.7 Å². The van der Waals surface area contributed by atoms with E-state index in [1.54, 1.807) is 0 Å². The molecule has 27 heavy (non-hydrogen) atoms. The van der Waals surface area contributed by atoms with Crippen molar-refractivity contribution >= 4 is 11.9 Å². The van der Waals surface area contributed by atoms with E-state index in [0.29, 0.717) is 18.4 Å². The molecule has 6 atom stereocenters. The first-order valence-electron chi connectivity index (χ1n) is 10.6. The minimum absolute atomic E-state index is 0.0214. The second-order valence-corrected chi connectivity index (χ2v) is 10.1. The first kappa shape index (κ1) is 20.6. The Labute approximate surface area is 163 Å². The molecule has 2 saturated carbocycles. The first-order chi connectivity index (χ1) is 12.6. The Kier molecular flexibility index (Phi) is 5.64. The van der Waals surface area contributed by atoms with E-state index >= 15 is 0 Å². The lowest BCUT2D eigenvalue weighted by atomic mass is 9.67. The SMILES string of the molecule is CCC(C)(C)CC(C)(C(=O)OCCOC1C2CC3C(=O)OC1C3C2)C(C)C. The van der Waals surface area contributed by atoms with Crippen LogP contribution < -0.4 is 0 Å². The molecule has 0 aromatic heterocycles. The summed E-state index contributed by atoms with van der Waals surface area (Å²) in [6.07, 6.45) is 3.65. The number of hydrogen-bond donors (Lipinski definition) is 0. The second-order valence-electron chi connectivity index (χ2n) is 10.1. The Bertz CT molecular complexity index is 583. The summed E-state index contributed by atoms with van der Waals surface area (Å²) in [5.41, 5.74) is -0.402. The number of fused-ring (bicyclic) bond motifs is 1. The van der Waals surface area contributed by atoms with Crippen LogP contribution >= 0.6 is 0 Å². The summed E-state index contributed by atoms with van der Waals surface area (Å²) in [6.45, 7) is 13.4. The third kappa shape index (κ3) is 3.76. The van der Waals surface area contributed by atoms with Crippen molar-refractivity contribution in [1.29, 1.82) is 0 Å². The van der Waals surface area contributed by atoms with E-state index in [0.717, 1.165) is 25.7 Å². The Balaban J connectivity index is 1.48. The third-order valence-electron chi connectivity index (χ3n) is 7.58. The number of esters is 2. The highest BCUT2D eigenvalue weighted by Gasteiger charge is 2.62. The molecule has 3 aliphatic rings. The van der Waals surface area contributed by atoms with Crippen LogP contribution in [0.15, 0.2) is 0 Å². The van der Waals surface area contributed by atoms with Crippen molar-refractivity contribution < 1.29 is 23.8 Å². The molecule has 0 N–H and O–H groups in total. The maximum atomic E-state index is 12.8. The number of carbonyl (C=O) groups is 2. The van der Waals surface area contributed by atoms with Crippen molar-refractivity contribution in [3.05, 3.63) is 0 Å². The Morgan fingerprint density at radius 1 is 1.22 bits per heavy atom. The van der Waals surface area contributed by atoms with Gasteiger partial charge in [-0.15, -0.1) is 0 Å². The topological polar surface area (TPSA) is 61.8 Å². The Morgan fingerprint density at radius 2 is 1.93 bits per heavy atom. The average molecular weight is 381 g/mol. The zero-order valence-electron chi connectivity index (χ0n) is 17.7. The molecule has 0 aromatic carbocycles. The van der Waals surface area contributed by atoms with E-state index in [-0.39, 0.29) is 48.0 Å². The minimum atomic E-state index is -0.500. The molecule has 3 fully saturated rings. The van der Waals surface area contributed by atoms with Gasteiger partial charge in [-0.05, 0) is 43.4 Å². The molecule has 0 spiro atoms. The van der Waals surface area contributed by atoms with Gasteiger partial charge in [-0.25, -0.2) is 0 Å². The van der Waals surface area contributed by atoms with E-state index in [2.05, 4.69) is 34.6 Å². The predicted octanol–water partition coefficient (Wildman–Crippen LogP) is 3.98. The summed E-state index contributed by atoms with van der Waals surface area (Å²) < 4.78 is 17.1. The zero-order valence-corrected chi connectivity index (χ0v) is 17.7. The standard InChI is InChI=1S/C22H36O5/c1-7-21(4,5)12-22(6,13(2)3)20(24)26-9-8-25-17-14-10-15-16(11-14)19(23)27-18(15)17/h13-18H,7-12H2,1-6H3. The number of ether oxygens (including phenoxy) is 3. The van der Waals surface area contributed by atoms with Crippen LogP contribution in [0.3, 0.4) is 0 Å². The molecule has 3 rings (SSSR count). The minimum Gasteiger partial charge on any atom is -0.463 e. The highest BCUT2D eigenvalue weighted by molar-refractivity contribution is 5.77. The van der Waals surface area contributed by atoms with Crippen LogP contribution in [0.4, 0.5) is 0 Å². The van der Waals surface area contributed by atoms with E-state index in [4.69, 9.17) is 14.2 Å². The van der Waals surface area contributed by atoms with Crippen molar-refractivity contribution in [2.75, 3.05) is 13.2 Å². The summed E-state index contributed by atoms with van der Waals surface area (Å²) in [6, 6.07) is 0. The molecule has 1 saturated heterocycles. The second kappa shape index (κ2) is 7.38. The normalized spacial score (nSPS) is 34.0. The highest BCUT2D eigenvalue weighted by atomic mass is 16.6. The molecule has 2 aliphatic carbocycles. The fourth-order valence-corrected chi connectivity index (χ4v) is 5.25. The fraction of sp³-hybridized carbons (Fsp3) is 0.909. The fourth-order valence-electron chi connectivity index (χ4n) is 5.25. The third-order valence-corrected chi connectivity index (χ3v) is 7.58. The summed E-state index contributed by atoms with van der Waals surface area (Å²) in [5.74, 6) is 0.886. The smallest absolute Gasteiger partial charge is 0.312 e. The quantitative estimate of drug-likeness (QED) is 0.447. The van der Waals surface area contributed by atoms with Crippen molar-refractivity contribution in [3.8, 4) is 0 Å². The summed E-state index contributed by atoms with van der Waals surface area (Å²) in [7, 11) is 0.